The number of hydrogen-bond donors (Lipinski definition) is 0. The van der Waals surface area contributed by atoms with E-state index in [1.165, 1.54) is 0 Å². The smallest absolute Gasteiger partial charge is 0.316 e. The normalized spacial score (nSPS) is 11.7. The van der Waals surface area contributed by atoms with Crippen LogP contribution in [0.25, 0.3) is 0 Å². The van der Waals surface area contributed by atoms with Gasteiger partial charge >= 0.3 is 5.97 Å². The Bertz CT molecular complexity index is 605. The Morgan fingerprint density at radius 1 is 0.909 bits per heavy atom. The number of Topliss-reactive ketones (excluding diaryl/α,β-unsaturated/α-hetero) is 1. The largest absolute Gasteiger partial charge is 0.465 e. The number of carbonyl (C=O) groups excluding carboxylic acids is 2. The Hall–Kier alpha value is -2.42. The minimum absolute atomic E-state index is 0.103. The van der Waals surface area contributed by atoms with Crippen LogP contribution in [0.1, 0.15) is 18.1 Å². The Morgan fingerprint density at radius 3 is 2.00 bits per heavy atom. The van der Waals surface area contributed by atoms with Crippen molar-refractivity contribution in [3.05, 3.63) is 71.8 Å². The van der Waals surface area contributed by atoms with Gasteiger partial charge in [0.1, 0.15) is 5.92 Å². The SMILES string of the molecule is CCOC(=O)C(Cc1ccccc1)C(=O)Cc1ccccc1. The van der Waals surface area contributed by atoms with Gasteiger partial charge in [-0.3, -0.25) is 9.59 Å². The average molecular weight is 296 g/mol. The number of esters is 1. The molecular weight excluding hydrogens is 276 g/mol. The van der Waals surface area contributed by atoms with E-state index in [4.69, 9.17) is 4.74 Å². The van der Waals surface area contributed by atoms with Gasteiger partial charge in [-0.05, 0) is 24.5 Å². The summed E-state index contributed by atoms with van der Waals surface area (Å²) in [4.78, 5) is 24.7. The van der Waals surface area contributed by atoms with Crippen molar-refractivity contribution in [1.82, 2.24) is 0 Å². The van der Waals surface area contributed by atoms with E-state index < -0.39 is 11.9 Å². The van der Waals surface area contributed by atoms with Crippen molar-refractivity contribution in [2.75, 3.05) is 6.61 Å². The van der Waals surface area contributed by atoms with Crippen LogP contribution in [0.2, 0.25) is 0 Å². The highest BCUT2D eigenvalue weighted by atomic mass is 16.5. The van der Waals surface area contributed by atoms with Crippen molar-refractivity contribution in [3.8, 4) is 0 Å². The molecular formula is C19H20O3. The van der Waals surface area contributed by atoms with E-state index in [-0.39, 0.29) is 18.8 Å². The first-order valence-corrected chi connectivity index (χ1v) is 7.48. The summed E-state index contributed by atoms with van der Waals surface area (Å²) >= 11 is 0. The topological polar surface area (TPSA) is 43.4 Å². The van der Waals surface area contributed by atoms with E-state index in [0.29, 0.717) is 6.42 Å². The summed E-state index contributed by atoms with van der Waals surface area (Å²) in [5.41, 5.74) is 1.87. The zero-order valence-electron chi connectivity index (χ0n) is 12.7. The lowest BCUT2D eigenvalue weighted by molar-refractivity contribution is -0.151. The lowest BCUT2D eigenvalue weighted by Crippen LogP contribution is -2.29. The van der Waals surface area contributed by atoms with Crippen molar-refractivity contribution >= 4 is 11.8 Å². The maximum absolute atomic E-state index is 12.5. The summed E-state index contributed by atoms with van der Waals surface area (Å²) in [6.07, 6.45) is 0.627. The van der Waals surface area contributed by atoms with Gasteiger partial charge in [-0.25, -0.2) is 0 Å². The molecule has 0 aromatic heterocycles. The monoisotopic (exact) mass is 296 g/mol. The highest BCUT2D eigenvalue weighted by molar-refractivity contribution is 6.00. The molecule has 0 saturated carbocycles. The lowest BCUT2D eigenvalue weighted by atomic mass is 9.91. The summed E-state index contributed by atoms with van der Waals surface area (Å²) in [7, 11) is 0. The zero-order chi connectivity index (χ0) is 15.8. The minimum atomic E-state index is -0.748. The molecule has 0 bridgehead atoms. The predicted molar refractivity (Wildman–Crippen MR) is 85.4 cm³/mol. The molecule has 1 unspecified atom stereocenters. The molecule has 0 N–H and O–H groups in total. The molecule has 1 atom stereocenters. The second-order valence-corrected chi connectivity index (χ2v) is 5.12. The van der Waals surface area contributed by atoms with Crippen LogP contribution in [-0.4, -0.2) is 18.4 Å². The fourth-order valence-corrected chi connectivity index (χ4v) is 2.34. The van der Waals surface area contributed by atoms with Crippen LogP contribution in [0.5, 0.6) is 0 Å². The second-order valence-electron chi connectivity index (χ2n) is 5.12. The summed E-state index contributed by atoms with van der Waals surface area (Å²) < 4.78 is 5.08. The third-order valence-corrected chi connectivity index (χ3v) is 3.46. The van der Waals surface area contributed by atoms with Gasteiger partial charge in [0.2, 0.25) is 0 Å². The van der Waals surface area contributed by atoms with Crippen molar-refractivity contribution in [3.63, 3.8) is 0 Å². The number of hydrogen-bond acceptors (Lipinski definition) is 3. The van der Waals surface area contributed by atoms with Gasteiger partial charge in [-0.2, -0.15) is 0 Å². The zero-order valence-corrected chi connectivity index (χ0v) is 12.7. The maximum Gasteiger partial charge on any atom is 0.316 e. The van der Waals surface area contributed by atoms with Crippen LogP contribution in [0, 0.1) is 5.92 Å². The summed E-state index contributed by atoms with van der Waals surface area (Å²) in [5.74, 6) is -1.29. The van der Waals surface area contributed by atoms with E-state index in [2.05, 4.69) is 0 Å². The van der Waals surface area contributed by atoms with Crippen molar-refractivity contribution in [1.29, 1.82) is 0 Å². The van der Waals surface area contributed by atoms with Crippen LogP contribution in [0.3, 0.4) is 0 Å². The third-order valence-electron chi connectivity index (χ3n) is 3.46. The van der Waals surface area contributed by atoms with Crippen LogP contribution in [0.4, 0.5) is 0 Å². The van der Waals surface area contributed by atoms with Crippen molar-refractivity contribution in [2.45, 2.75) is 19.8 Å². The van der Waals surface area contributed by atoms with Gasteiger partial charge < -0.3 is 4.74 Å². The first-order valence-electron chi connectivity index (χ1n) is 7.48. The number of ether oxygens (including phenoxy) is 1. The molecule has 3 nitrogen and oxygen atoms in total. The predicted octanol–water partition coefficient (Wildman–Crippen LogP) is 3.22. The van der Waals surface area contributed by atoms with Crippen molar-refractivity contribution < 1.29 is 14.3 Å². The molecule has 22 heavy (non-hydrogen) atoms. The molecule has 0 amide bonds. The van der Waals surface area contributed by atoms with Crippen LogP contribution >= 0.6 is 0 Å². The molecule has 0 radical (unpaired) electrons. The van der Waals surface area contributed by atoms with Crippen LogP contribution in [-0.2, 0) is 27.2 Å². The second kappa shape index (κ2) is 8.13. The molecule has 0 fully saturated rings. The average Bonchev–Trinajstić information content (AvgIpc) is 2.54. The number of ketones is 1. The molecule has 0 heterocycles. The Kier molecular flexibility index (Phi) is 5.90. The summed E-state index contributed by atoms with van der Waals surface area (Å²) in [5, 5.41) is 0. The highest BCUT2D eigenvalue weighted by Crippen LogP contribution is 2.15. The molecule has 3 heteroatoms. The molecule has 114 valence electrons. The fraction of sp³-hybridized carbons (Fsp3) is 0.263. The van der Waals surface area contributed by atoms with Gasteiger partial charge in [0.15, 0.2) is 5.78 Å². The lowest BCUT2D eigenvalue weighted by Gasteiger charge is -2.15. The van der Waals surface area contributed by atoms with E-state index in [1.54, 1.807) is 6.92 Å². The summed E-state index contributed by atoms with van der Waals surface area (Å²) in [6.45, 7) is 2.03. The van der Waals surface area contributed by atoms with Crippen molar-refractivity contribution in [2.24, 2.45) is 5.92 Å². The van der Waals surface area contributed by atoms with Gasteiger partial charge in [0, 0.05) is 6.42 Å². The van der Waals surface area contributed by atoms with E-state index in [9.17, 15) is 9.59 Å². The first-order chi connectivity index (χ1) is 10.7. The molecule has 0 aliphatic rings. The highest BCUT2D eigenvalue weighted by Gasteiger charge is 2.28. The van der Waals surface area contributed by atoms with Gasteiger partial charge in [-0.15, -0.1) is 0 Å². The Labute approximate surface area is 130 Å². The molecule has 0 spiro atoms. The molecule has 2 aromatic carbocycles. The molecule has 0 aliphatic carbocycles. The number of benzene rings is 2. The molecule has 2 aromatic rings. The summed E-state index contributed by atoms with van der Waals surface area (Å²) in [6, 6.07) is 19.0. The minimum Gasteiger partial charge on any atom is -0.465 e. The van der Waals surface area contributed by atoms with Gasteiger partial charge in [0.25, 0.3) is 0 Å². The van der Waals surface area contributed by atoms with Gasteiger partial charge in [-0.1, -0.05) is 60.7 Å². The molecule has 0 saturated heterocycles. The van der Waals surface area contributed by atoms with Crippen LogP contribution < -0.4 is 0 Å². The molecule has 2 rings (SSSR count). The van der Waals surface area contributed by atoms with E-state index >= 15 is 0 Å². The Morgan fingerprint density at radius 2 is 1.45 bits per heavy atom. The quantitative estimate of drug-likeness (QED) is 0.582. The first kappa shape index (κ1) is 16.0. The fourth-order valence-electron chi connectivity index (χ4n) is 2.34. The number of carbonyl (C=O) groups is 2. The standard InChI is InChI=1S/C19H20O3/c1-2-22-19(21)17(13-15-9-5-3-6-10-15)18(20)14-16-11-7-4-8-12-16/h3-12,17H,2,13-14H2,1H3. The third kappa shape index (κ3) is 4.55. The molecule has 0 aliphatic heterocycles. The van der Waals surface area contributed by atoms with E-state index in [1.807, 2.05) is 60.7 Å². The van der Waals surface area contributed by atoms with E-state index in [0.717, 1.165) is 11.1 Å². The Balaban J connectivity index is 2.13. The number of rotatable bonds is 7. The van der Waals surface area contributed by atoms with Gasteiger partial charge in [0.05, 0.1) is 6.61 Å². The maximum atomic E-state index is 12.5. The van der Waals surface area contributed by atoms with Crippen LogP contribution in [0.15, 0.2) is 60.7 Å².